The predicted molar refractivity (Wildman–Crippen MR) is 51.3 cm³/mol. The molecule has 0 saturated heterocycles. The van der Waals surface area contributed by atoms with Crippen LogP contribution in [0.2, 0.25) is 0 Å². The molecule has 0 unspecified atom stereocenters. The number of nitrogens with one attached hydrogen (secondary N) is 1. The average Bonchev–Trinajstić information content (AvgIpc) is 2.18. The summed E-state index contributed by atoms with van der Waals surface area (Å²) in [6.07, 6.45) is 0. The van der Waals surface area contributed by atoms with E-state index in [9.17, 15) is 24.4 Å². The summed E-state index contributed by atoms with van der Waals surface area (Å²) in [7, 11) is 0. The first kappa shape index (κ1) is 11.9. The second-order valence-corrected chi connectivity index (χ2v) is 3.10. The van der Waals surface area contributed by atoms with Gasteiger partial charge in [0, 0.05) is 0 Å². The highest BCUT2D eigenvalue weighted by molar-refractivity contribution is 5.73. The van der Waals surface area contributed by atoms with Crippen LogP contribution in [0.25, 0.3) is 0 Å². The molecule has 1 rings (SSSR count). The van der Waals surface area contributed by atoms with E-state index in [2.05, 4.69) is 5.32 Å². The van der Waals surface area contributed by atoms with Gasteiger partial charge in [-0.15, -0.1) is 0 Å². The van der Waals surface area contributed by atoms with Crippen molar-refractivity contribution >= 4 is 17.3 Å². The number of benzene rings is 1. The zero-order chi connectivity index (χ0) is 12.3. The molecule has 16 heavy (non-hydrogen) atoms. The molecule has 0 fully saturated rings. The van der Waals surface area contributed by atoms with Crippen molar-refractivity contribution in [2.45, 2.75) is 6.92 Å². The molecule has 1 aromatic rings. The van der Waals surface area contributed by atoms with Crippen LogP contribution in [0.4, 0.5) is 15.8 Å². The lowest BCUT2D eigenvalue weighted by molar-refractivity contribution is -0.384. The van der Waals surface area contributed by atoms with E-state index in [1.807, 2.05) is 0 Å². The van der Waals surface area contributed by atoms with E-state index in [0.717, 1.165) is 6.07 Å². The number of halogens is 1. The predicted octanol–water partition coefficient (Wildman–Crippen LogP) is 0.204. The Morgan fingerprint density at radius 1 is 1.56 bits per heavy atom. The number of carbonyl (C=O) groups is 1. The van der Waals surface area contributed by atoms with E-state index >= 15 is 0 Å². The number of carbonyl (C=O) groups excluding carboxylic acids is 1. The van der Waals surface area contributed by atoms with E-state index in [1.165, 1.54) is 13.0 Å². The van der Waals surface area contributed by atoms with Gasteiger partial charge in [0.1, 0.15) is 11.5 Å². The maximum atomic E-state index is 13.1. The third-order valence-corrected chi connectivity index (χ3v) is 1.90. The van der Waals surface area contributed by atoms with Crippen LogP contribution in [0.1, 0.15) is 5.56 Å². The molecule has 0 aliphatic carbocycles. The van der Waals surface area contributed by atoms with E-state index in [4.69, 9.17) is 0 Å². The molecule has 0 spiro atoms. The third-order valence-electron chi connectivity index (χ3n) is 1.90. The summed E-state index contributed by atoms with van der Waals surface area (Å²) < 4.78 is 13.1. The summed E-state index contributed by atoms with van der Waals surface area (Å²) in [6, 6.07) is 1.92. The molecule has 6 nitrogen and oxygen atoms in total. The number of hydrogen-bond acceptors (Lipinski definition) is 5. The minimum Gasteiger partial charge on any atom is -0.548 e. The average molecular weight is 227 g/mol. The number of nitro groups is 1. The highest BCUT2D eigenvalue weighted by Gasteiger charge is 2.16. The summed E-state index contributed by atoms with van der Waals surface area (Å²) in [6.45, 7) is 0.842. The van der Waals surface area contributed by atoms with E-state index in [0.29, 0.717) is 0 Å². The molecule has 0 aromatic heterocycles. The molecular weight excluding hydrogens is 219 g/mol. The van der Waals surface area contributed by atoms with Crippen molar-refractivity contribution < 1.29 is 19.2 Å². The molecule has 86 valence electrons. The van der Waals surface area contributed by atoms with Gasteiger partial charge in [-0.05, 0) is 18.6 Å². The second kappa shape index (κ2) is 4.56. The van der Waals surface area contributed by atoms with Gasteiger partial charge in [-0.25, -0.2) is 4.39 Å². The summed E-state index contributed by atoms with van der Waals surface area (Å²) in [5.74, 6) is -2.12. The Morgan fingerprint density at radius 3 is 2.69 bits per heavy atom. The van der Waals surface area contributed by atoms with Crippen molar-refractivity contribution in [2.75, 3.05) is 11.9 Å². The molecule has 0 bridgehead atoms. The van der Waals surface area contributed by atoms with Gasteiger partial charge in [-0.2, -0.15) is 0 Å². The highest BCUT2D eigenvalue weighted by Crippen LogP contribution is 2.27. The Labute approximate surface area is 89.9 Å². The second-order valence-electron chi connectivity index (χ2n) is 3.10. The van der Waals surface area contributed by atoms with Gasteiger partial charge in [0.15, 0.2) is 0 Å². The quantitative estimate of drug-likeness (QED) is 0.585. The fourth-order valence-corrected chi connectivity index (χ4v) is 1.13. The number of anilines is 1. The van der Waals surface area contributed by atoms with Crippen LogP contribution in [0.5, 0.6) is 0 Å². The van der Waals surface area contributed by atoms with Crippen molar-refractivity contribution in [3.8, 4) is 0 Å². The van der Waals surface area contributed by atoms with E-state index in [1.54, 1.807) is 0 Å². The summed E-state index contributed by atoms with van der Waals surface area (Å²) in [5.41, 5.74) is -0.371. The molecule has 0 radical (unpaired) electrons. The lowest BCUT2D eigenvalue weighted by Crippen LogP contribution is -2.30. The molecule has 7 heteroatoms. The molecule has 0 atom stereocenters. The van der Waals surface area contributed by atoms with Crippen molar-refractivity contribution in [3.63, 3.8) is 0 Å². The number of nitrogens with zero attached hydrogens (tertiary/aromatic N) is 1. The summed E-state index contributed by atoms with van der Waals surface area (Å²) in [5, 5.41) is 23.0. The van der Waals surface area contributed by atoms with Crippen LogP contribution in [-0.2, 0) is 4.79 Å². The highest BCUT2D eigenvalue weighted by atomic mass is 19.1. The fraction of sp³-hybridized carbons (Fsp3) is 0.222. The van der Waals surface area contributed by atoms with Gasteiger partial charge < -0.3 is 15.2 Å². The van der Waals surface area contributed by atoms with E-state index in [-0.39, 0.29) is 11.3 Å². The van der Waals surface area contributed by atoms with Crippen molar-refractivity contribution in [2.24, 2.45) is 0 Å². The third kappa shape index (κ3) is 2.66. The first-order valence-corrected chi connectivity index (χ1v) is 4.30. The number of carboxylic acid groups (broad SMARTS) is 1. The Bertz CT molecular complexity index is 447. The number of nitro benzene ring substituents is 1. The Balaban J connectivity index is 3.09. The molecule has 1 aromatic carbocycles. The first-order chi connectivity index (χ1) is 7.41. The minimum atomic E-state index is -1.41. The molecular formula is C9H8FN2O4-. The van der Waals surface area contributed by atoms with Gasteiger partial charge in [-0.3, -0.25) is 10.1 Å². The summed E-state index contributed by atoms with van der Waals surface area (Å²) in [4.78, 5) is 20.0. The number of aryl methyl sites for hydroxylation is 1. The zero-order valence-corrected chi connectivity index (χ0v) is 8.32. The van der Waals surface area contributed by atoms with Crippen LogP contribution in [0, 0.1) is 22.9 Å². The lowest BCUT2D eigenvalue weighted by atomic mass is 10.2. The largest absolute Gasteiger partial charge is 0.548 e. The number of rotatable bonds is 4. The molecule has 0 amide bonds. The maximum absolute atomic E-state index is 13.1. The molecule has 1 N–H and O–H groups in total. The number of hydrogen-bond donors (Lipinski definition) is 1. The SMILES string of the molecule is Cc1cc(NCC(=O)[O-])c([N+](=O)[O-])cc1F. The molecule has 0 aliphatic rings. The van der Waals surface area contributed by atoms with Crippen LogP contribution in [0.3, 0.4) is 0 Å². The van der Waals surface area contributed by atoms with Gasteiger partial charge in [0.25, 0.3) is 5.69 Å². The number of carboxylic acids is 1. The van der Waals surface area contributed by atoms with Crippen molar-refractivity contribution in [3.05, 3.63) is 33.6 Å². The maximum Gasteiger partial charge on any atom is 0.295 e. The Kier molecular flexibility index (Phi) is 3.39. The zero-order valence-electron chi connectivity index (χ0n) is 8.32. The number of aliphatic carboxylic acids is 1. The minimum absolute atomic E-state index is 0.0481. The Hall–Kier alpha value is -2.18. The lowest BCUT2D eigenvalue weighted by Gasteiger charge is -2.08. The summed E-state index contributed by atoms with van der Waals surface area (Å²) >= 11 is 0. The molecule has 0 heterocycles. The van der Waals surface area contributed by atoms with Crippen LogP contribution >= 0.6 is 0 Å². The molecule has 0 saturated carbocycles. The van der Waals surface area contributed by atoms with Gasteiger partial charge in [0.2, 0.25) is 0 Å². The topological polar surface area (TPSA) is 95.3 Å². The monoisotopic (exact) mass is 227 g/mol. The van der Waals surface area contributed by atoms with Gasteiger partial charge in [-0.1, -0.05) is 0 Å². The van der Waals surface area contributed by atoms with E-state index < -0.39 is 28.9 Å². The fourth-order valence-electron chi connectivity index (χ4n) is 1.13. The van der Waals surface area contributed by atoms with Gasteiger partial charge in [0.05, 0.1) is 23.5 Å². The standard InChI is InChI=1S/C9H9FN2O4/c1-5-2-7(11-4-9(13)14)8(12(15)16)3-6(5)10/h2-3,11H,4H2,1H3,(H,13,14)/p-1. The van der Waals surface area contributed by atoms with Crippen LogP contribution < -0.4 is 10.4 Å². The normalized spacial score (nSPS) is 9.88. The molecule has 0 aliphatic heterocycles. The van der Waals surface area contributed by atoms with Crippen LogP contribution in [-0.4, -0.2) is 17.4 Å². The smallest absolute Gasteiger partial charge is 0.295 e. The first-order valence-electron chi connectivity index (χ1n) is 4.30. The Morgan fingerprint density at radius 2 is 2.19 bits per heavy atom. The van der Waals surface area contributed by atoms with Crippen LogP contribution in [0.15, 0.2) is 12.1 Å². The van der Waals surface area contributed by atoms with Gasteiger partial charge >= 0.3 is 0 Å². The van der Waals surface area contributed by atoms with Crippen molar-refractivity contribution in [1.29, 1.82) is 0 Å². The van der Waals surface area contributed by atoms with Crippen molar-refractivity contribution in [1.82, 2.24) is 0 Å².